The number of hydrogen-bond acceptors (Lipinski definition) is 4. The highest BCUT2D eigenvalue weighted by Gasteiger charge is 2.39. The van der Waals surface area contributed by atoms with Gasteiger partial charge in [0.15, 0.2) is 0 Å². The second-order valence-electron chi connectivity index (χ2n) is 7.24. The van der Waals surface area contributed by atoms with Crippen LogP contribution in [0.25, 0.3) is 0 Å². The fourth-order valence-electron chi connectivity index (χ4n) is 3.44. The Hall–Kier alpha value is -1.30. The molecule has 0 radical (unpaired) electrons. The van der Waals surface area contributed by atoms with Crippen LogP contribution < -0.4 is 10.1 Å². The zero-order valence-corrected chi connectivity index (χ0v) is 17.4. The molecule has 0 bridgehead atoms. The third kappa shape index (κ3) is 6.37. The van der Waals surface area contributed by atoms with Gasteiger partial charge in [-0.1, -0.05) is 44.2 Å². The lowest BCUT2D eigenvalue weighted by molar-refractivity contribution is -0.143. The van der Waals surface area contributed by atoms with E-state index in [1.54, 1.807) is 19.2 Å². The molecule has 152 valence electrons. The average molecular weight is 398 g/mol. The summed E-state index contributed by atoms with van der Waals surface area (Å²) in [5.74, 6) is 0.501. The van der Waals surface area contributed by atoms with Gasteiger partial charge in [0.25, 0.3) is 5.91 Å². The number of methoxy groups -OCH3 is 1. The van der Waals surface area contributed by atoms with Gasteiger partial charge in [-0.2, -0.15) is 0 Å². The van der Waals surface area contributed by atoms with Gasteiger partial charge in [-0.05, 0) is 44.4 Å². The van der Waals surface area contributed by atoms with Crippen LogP contribution in [0.4, 0.5) is 5.69 Å². The van der Waals surface area contributed by atoms with Crippen molar-refractivity contribution in [2.45, 2.75) is 70.5 Å². The molecule has 1 amide bonds. The highest BCUT2D eigenvalue weighted by Crippen LogP contribution is 2.33. The van der Waals surface area contributed by atoms with Gasteiger partial charge in [0.2, 0.25) is 0 Å². The number of halogens is 1. The number of hydrogen-bond donors (Lipinski definition) is 1. The van der Waals surface area contributed by atoms with E-state index in [4.69, 9.17) is 25.8 Å². The highest BCUT2D eigenvalue weighted by molar-refractivity contribution is 6.32. The zero-order chi connectivity index (χ0) is 19.7. The smallest absolute Gasteiger partial charge is 0.256 e. The van der Waals surface area contributed by atoms with Crippen molar-refractivity contribution in [3.05, 3.63) is 23.2 Å². The molecule has 1 fully saturated rings. The Bertz CT molecular complexity index is 600. The number of carbonyl (C=O) groups is 1. The van der Waals surface area contributed by atoms with Gasteiger partial charge in [0.1, 0.15) is 17.5 Å². The lowest BCUT2D eigenvalue weighted by Gasteiger charge is -2.31. The topological polar surface area (TPSA) is 56.8 Å². The van der Waals surface area contributed by atoms with Crippen molar-refractivity contribution >= 4 is 23.2 Å². The Morgan fingerprint density at radius 1 is 1.26 bits per heavy atom. The van der Waals surface area contributed by atoms with Crippen molar-refractivity contribution in [1.29, 1.82) is 0 Å². The Kier molecular flexibility index (Phi) is 8.87. The maximum atomic E-state index is 13.1. The normalized spacial score (nSPS) is 17.8. The molecule has 6 heteroatoms. The molecule has 2 rings (SSSR count). The molecule has 1 unspecified atom stereocenters. The first kappa shape index (κ1) is 22.0. The first-order valence-corrected chi connectivity index (χ1v) is 10.3. The number of nitrogens with one attached hydrogen (secondary N) is 1. The van der Waals surface area contributed by atoms with E-state index in [-0.39, 0.29) is 12.0 Å². The van der Waals surface area contributed by atoms with Crippen LogP contribution >= 0.6 is 11.6 Å². The van der Waals surface area contributed by atoms with Gasteiger partial charge in [0, 0.05) is 19.4 Å². The molecule has 1 aromatic rings. The summed E-state index contributed by atoms with van der Waals surface area (Å²) in [5, 5.41) is 3.47. The molecular formula is C21H32ClNO4. The predicted molar refractivity (Wildman–Crippen MR) is 109 cm³/mol. The van der Waals surface area contributed by atoms with Crippen LogP contribution in [0.5, 0.6) is 5.75 Å². The fraction of sp³-hybridized carbons (Fsp3) is 0.667. The van der Waals surface area contributed by atoms with Crippen LogP contribution in [-0.2, 0) is 14.3 Å². The SMILES string of the molecule is CCCOC1(C(=O)Nc2ccc(OC(C)COC)c(Cl)c2)CCCCCC1. The standard InChI is InChI=1S/C21H32ClNO4/c1-4-13-26-21(11-7-5-6-8-12-21)20(24)23-17-9-10-19(18(22)14-17)27-16(2)15-25-3/h9-10,14,16H,4-8,11-13,15H2,1-3H3,(H,23,24). The van der Waals surface area contributed by atoms with Crippen LogP contribution in [0.3, 0.4) is 0 Å². The highest BCUT2D eigenvalue weighted by atomic mass is 35.5. The summed E-state index contributed by atoms with van der Waals surface area (Å²) in [5.41, 5.74) is -0.0818. The van der Waals surface area contributed by atoms with Crippen LogP contribution in [0, 0.1) is 0 Å². The van der Waals surface area contributed by atoms with E-state index in [1.165, 1.54) is 0 Å². The lowest BCUT2D eigenvalue weighted by Crippen LogP contribution is -2.45. The zero-order valence-electron chi connectivity index (χ0n) is 16.7. The van der Waals surface area contributed by atoms with Gasteiger partial charge in [-0.3, -0.25) is 4.79 Å². The van der Waals surface area contributed by atoms with Gasteiger partial charge < -0.3 is 19.5 Å². The summed E-state index contributed by atoms with van der Waals surface area (Å²) in [6.45, 7) is 5.05. The number of benzene rings is 1. The molecule has 1 aliphatic rings. The van der Waals surface area contributed by atoms with Crippen molar-refractivity contribution < 1.29 is 19.0 Å². The number of rotatable bonds is 9. The van der Waals surface area contributed by atoms with E-state index in [0.717, 1.165) is 44.9 Å². The third-order valence-corrected chi connectivity index (χ3v) is 5.12. The van der Waals surface area contributed by atoms with E-state index >= 15 is 0 Å². The number of amides is 1. The second kappa shape index (κ2) is 10.9. The Morgan fingerprint density at radius 2 is 1.96 bits per heavy atom. The Morgan fingerprint density at radius 3 is 2.56 bits per heavy atom. The van der Waals surface area contributed by atoms with Crippen molar-refractivity contribution in [2.75, 3.05) is 25.6 Å². The van der Waals surface area contributed by atoms with E-state index in [9.17, 15) is 4.79 Å². The Labute approximate surface area is 167 Å². The molecule has 1 saturated carbocycles. The second-order valence-corrected chi connectivity index (χ2v) is 7.65. The van der Waals surface area contributed by atoms with Crippen molar-refractivity contribution in [2.24, 2.45) is 0 Å². The van der Waals surface area contributed by atoms with Gasteiger partial charge in [-0.25, -0.2) is 0 Å². The van der Waals surface area contributed by atoms with Crippen molar-refractivity contribution in [3.8, 4) is 5.75 Å². The van der Waals surface area contributed by atoms with E-state index < -0.39 is 5.60 Å². The van der Waals surface area contributed by atoms with Gasteiger partial charge >= 0.3 is 0 Å². The van der Waals surface area contributed by atoms with E-state index in [0.29, 0.717) is 29.7 Å². The van der Waals surface area contributed by atoms with E-state index in [1.807, 2.05) is 13.0 Å². The summed E-state index contributed by atoms with van der Waals surface area (Å²) >= 11 is 6.34. The molecule has 1 aromatic carbocycles. The molecular weight excluding hydrogens is 366 g/mol. The van der Waals surface area contributed by atoms with Gasteiger partial charge in [-0.15, -0.1) is 0 Å². The first-order valence-electron chi connectivity index (χ1n) is 9.91. The average Bonchev–Trinajstić information content (AvgIpc) is 2.89. The van der Waals surface area contributed by atoms with E-state index in [2.05, 4.69) is 12.2 Å². The number of anilines is 1. The van der Waals surface area contributed by atoms with Crippen LogP contribution in [0.1, 0.15) is 58.8 Å². The minimum atomic E-state index is -0.735. The monoisotopic (exact) mass is 397 g/mol. The molecule has 0 aliphatic heterocycles. The summed E-state index contributed by atoms with van der Waals surface area (Å²) in [4.78, 5) is 13.1. The summed E-state index contributed by atoms with van der Waals surface area (Å²) in [6, 6.07) is 5.30. The van der Waals surface area contributed by atoms with Crippen LogP contribution in [-0.4, -0.2) is 37.9 Å². The third-order valence-electron chi connectivity index (χ3n) is 4.83. The maximum absolute atomic E-state index is 13.1. The number of carbonyl (C=O) groups excluding carboxylic acids is 1. The molecule has 1 atom stereocenters. The molecule has 5 nitrogen and oxygen atoms in total. The maximum Gasteiger partial charge on any atom is 0.256 e. The van der Waals surface area contributed by atoms with Crippen molar-refractivity contribution in [3.63, 3.8) is 0 Å². The summed E-state index contributed by atoms with van der Waals surface area (Å²) in [6.07, 6.45) is 6.66. The lowest BCUT2D eigenvalue weighted by atomic mass is 9.92. The molecule has 0 heterocycles. The number of ether oxygens (including phenoxy) is 3. The largest absolute Gasteiger partial charge is 0.487 e. The van der Waals surface area contributed by atoms with Crippen LogP contribution in [0.2, 0.25) is 5.02 Å². The molecule has 1 aliphatic carbocycles. The summed E-state index contributed by atoms with van der Waals surface area (Å²) < 4.78 is 16.9. The minimum absolute atomic E-state index is 0.0738. The quantitative estimate of drug-likeness (QED) is 0.581. The molecule has 0 spiro atoms. The molecule has 0 aromatic heterocycles. The molecule has 1 N–H and O–H groups in total. The fourth-order valence-corrected chi connectivity index (χ4v) is 3.66. The first-order chi connectivity index (χ1) is 13.0. The minimum Gasteiger partial charge on any atom is -0.487 e. The van der Waals surface area contributed by atoms with Crippen LogP contribution in [0.15, 0.2) is 18.2 Å². The summed E-state index contributed by atoms with van der Waals surface area (Å²) in [7, 11) is 1.63. The molecule has 0 saturated heterocycles. The Balaban J connectivity index is 2.09. The molecule has 27 heavy (non-hydrogen) atoms. The van der Waals surface area contributed by atoms with Crippen molar-refractivity contribution in [1.82, 2.24) is 0 Å². The predicted octanol–water partition coefficient (Wildman–Crippen LogP) is 5.21. The van der Waals surface area contributed by atoms with Gasteiger partial charge in [0.05, 0.1) is 11.6 Å².